The van der Waals surface area contributed by atoms with Gasteiger partial charge in [-0.05, 0) is 108 Å². The van der Waals surface area contributed by atoms with Crippen LogP contribution in [0.2, 0.25) is 0 Å². The van der Waals surface area contributed by atoms with Crippen LogP contribution in [0.1, 0.15) is 0 Å². The highest BCUT2D eigenvalue weighted by molar-refractivity contribution is 9.11. The predicted octanol–water partition coefficient (Wildman–Crippen LogP) is 12.3. The molecule has 8 rings (SSSR count). The second-order valence-corrected chi connectivity index (χ2v) is 11.9. The molecule has 0 radical (unpaired) electrons. The molecule has 0 aromatic heterocycles. The quantitative estimate of drug-likeness (QED) is 0.165. The second-order valence-electron chi connectivity index (χ2n) is 10.3. The number of hydrogen-bond donors (Lipinski definition) is 0. The van der Waals surface area contributed by atoms with Gasteiger partial charge in [0, 0.05) is 8.95 Å². The molecule has 0 atom stereocenters. The van der Waals surface area contributed by atoms with E-state index in [0.29, 0.717) is 0 Å². The third kappa shape index (κ3) is 3.43. The van der Waals surface area contributed by atoms with E-state index in [0.717, 1.165) is 8.95 Å². The molecular formula is C38H22Br2. The summed E-state index contributed by atoms with van der Waals surface area (Å²) in [4.78, 5) is 0. The highest BCUT2D eigenvalue weighted by Crippen LogP contribution is 2.47. The lowest BCUT2D eigenvalue weighted by Crippen LogP contribution is -1.92. The third-order valence-electron chi connectivity index (χ3n) is 8.19. The van der Waals surface area contributed by atoms with Gasteiger partial charge in [-0.15, -0.1) is 0 Å². The molecule has 0 bridgehead atoms. The van der Waals surface area contributed by atoms with Crippen molar-refractivity contribution in [1.82, 2.24) is 0 Å². The Morgan fingerprint density at radius 3 is 0.750 bits per heavy atom. The first-order valence-corrected chi connectivity index (χ1v) is 15.0. The number of benzene rings is 8. The first-order valence-electron chi connectivity index (χ1n) is 13.4. The molecule has 0 unspecified atom stereocenters. The molecule has 2 heteroatoms. The summed E-state index contributed by atoms with van der Waals surface area (Å²) in [6.07, 6.45) is 0. The standard InChI is InChI=1S/C38H22Br2/c39-37-31-17-7-3-13-25(31)35(26-14-4-8-18-32(26)37)29-21-22-30(24-12-2-1-11-23(24)29)36-27-15-5-9-19-33(27)38(40)34-20-10-6-16-28(34)36/h1-22H. The van der Waals surface area contributed by atoms with E-state index in [1.165, 1.54) is 76.1 Å². The van der Waals surface area contributed by atoms with Gasteiger partial charge in [0.15, 0.2) is 0 Å². The first kappa shape index (κ1) is 23.9. The minimum Gasteiger partial charge on any atom is -0.0616 e. The zero-order chi connectivity index (χ0) is 26.8. The van der Waals surface area contributed by atoms with Crippen molar-refractivity contribution >= 4 is 85.7 Å². The monoisotopic (exact) mass is 636 g/mol. The summed E-state index contributed by atoms with van der Waals surface area (Å²) in [5, 5.41) is 12.5. The van der Waals surface area contributed by atoms with Gasteiger partial charge in [-0.2, -0.15) is 0 Å². The molecule has 40 heavy (non-hydrogen) atoms. The van der Waals surface area contributed by atoms with Gasteiger partial charge in [-0.3, -0.25) is 0 Å². The van der Waals surface area contributed by atoms with Crippen molar-refractivity contribution in [3.8, 4) is 22.3 Å². The molecule has 0 saturated carbocycles. The predicted molar refractivity (Wildman–Crippen MR) is 180 cm³/mol. The van der Waals surface area contributed by atoms with Crippen LogP contribution >= 0.6 is 31.9 Å². The van der Waals surface area contributed by atoms with Crippen LogP contribution in [0.25, 0.3) is 76.1 Å². The van der Waals surface area contributed by atoms with Crippen LogP contribution in [-0.2, 0) is 0 Å². The zero-order valence-corrected chi connectivity index (χ0v) is 24.6. The minimum atomic E-state index is 1.15. The molecule has 0 saturated heterocycles. The van der Waals surface area contributed by atoms with Crippen molar-refractivity contribution in [2.24, 2.45) is 0 Å². The van der Waals surface area contributed by atoms with E-state index in [9.17, 15) is 0 Å². The highest BCUT2D eigenvalue weighted by atomic mass is 79.9. The van der Waals surface area contributed by atoms with Crippen LogP contribution < -0.4 is 0 Å². The molecule has 0 fully saturated rings. The average molecular weight is 638 g/mol. The Bertz CT molecular complexity index is 2020. The van der Waals surface area contributed by atoms with Crippen molar-refractivity contribution in [2.45, 2.75) is 0 Å². The van der Waals surface area contributed by atoms with Crippen molar-refractivity contribution in [3.05, 3.63) is 142 Å². The van der Waals surface area contributed by atoms with Crippen LogP contribution in [-0.4, -0.2) is 0 Å². The Balaban J connectivity index is 1.53. The molecule has 8 aromatic rings. The van der Waals surface area contributed by atoms with Crippen molar-refractivity contribution in [2.75, 3.05) is 0 Å². The van der Waals surface area contributed by atoms with Gasteiger partial charge < -0.3 is 0 Å². The van der Waals surface area contributed by atoms with Crippen LogP contribution in [0, 0.1) is 0 Å². The lowest BCUT2D eigenvalue weighted by atomic mass is 9.85. The van der Waals surface area contributed by atoms with Crippen molar-refractivity contribution in [3.63, 3.8) is 0 Å². The summed E-state index contributed by atoms with van der Waals surface area (Å²) in [6, 6.07) is 48.5. The summed E-state index contributed by atoms with van der Waals surface area (Å²) >= 11 is 7.86. The Kier molecular flexibility index (Phi) is 5.55. The van der Waals surface area contributed by atoms with E-state index in [2.05, 4.69) is 165 Å². The van der Waals surface area contributed by atoms with Gasteiger partial charge in [-0.25, -0.2) is 0 Å². The fourth-order valence-corrected chi connectivity index (χ4v) is 7.85. The van der Waals surface area contributed by atoms with Gasteiger partial charge in [0.1, 0.15) is 0 Å². The van der Waals surface area contributed by atoms with Crippen LogP contribution in [0.3, 0.4) is 0 Å². The lowest BCUT2D eigenvalue weighted by molar-refractivity contribution is 1.67. The Labute approximate surface area is 249 Å². The maximum Gasteiger partial charge on any atom is 0.0332 e. The van der Waals surface area contributed by atoms with Gasteiger partial charge in [-0.1, -0.05) is 133 Å². The van der Waals surface area contributed by atoms with Crippen LogP contribution in [0.5, 0.6) is 0 Å². The molecule has 0 spiro atoms. The normalized spacial score (nSPS) is 11.8. The molecule has 188 valence electrons. The summed E-state index contributed by atoms with van der Waals surface area (Å²) in [6.45, 7) is 0. The summed E-state index contributed by atoms with van der Waals surface area (Å²) in [5.74, 6) is 0. The van der Waals surface area contributed by atoms with Crippen LogP contribution in [0.15, 0.2) is 142 Å². The SMILES string of the molecule is Brc1c2ccccc2c(-c2ccc(-c3c4ccccc4c(Br)c4ccccc34)c3ccccc23)c2ccccc12. The van der Waals surface area contributed by atoms with E-state index in [1.54, 1.807) is 0 Å². The highest BCUT2D eigenvalue weighted by Gasteiger charge is 2.19. The first-order chi connectivity index (χ1) is 19.7. The number of fused-ring (bicyclic) bond motifs is 5. The topological polar surface area (TPSA) is 0 Å². The molecule has 0 aliphatic carbocycles. The van der Waals surface area contributed by atoms with Gasteiger partial charge in [0.2, 0.25) is 0 Å². The Morgan fingerprint density at radius 1 is 0.250 bits per heavy atom. The van der Waals surface area contributed by atoms with E-state index in [-0.39, 0.29) is 0 Å². The molecular weight excluding hydrogens is 616 g/mol. The van der Waals surface area contributed by atoms with Gasteiger partial charge in [0.05, 0.1) is 0 Å². The molecule has 0 nitrogen and oxygen atoms in total. The smallest absolute Gasteiger partial charge is 0.0332 e. The lowest BCUT2D eigenvalue weighted by Gasteiger charge is -2.19. The molecule has 0 heterocycles. The number of halogens is 2. The maximum absolute atomic E-state index is 3.93. The largest absolute Gasteiger partial charge is 0.0616 e. The summed E-state index contributed by atoms with van der Waals surface area (Å²) < 4.78 is 2.30. The molecule has 0 amide bonds. The van der Waals surface area contributed by atoms with Crippen molar-refractivity contribution in [1.29, 1.82) is 0 Å². The molecule has 0 aliphatic heterocycles. The summed E-state index contributed by atoms with van der Waals surface area (Å²) in [7, 11) is 0. The maximum atomic E-state index is 3.93. The van der Waals surface area contributed by atoms with E-state index < -0.39 is 0 Å². The minimum absolute atomic E-state index is 1.15. The van der Waals surface area contributed by atoms with Gasteiger partial charge >= 0.3 is 0 Å². The number of rotatable bonds is 2. The molecule has 8 aromatic carbocycles. The fourth-order valence-electron chi connectivity index (χ4n) is 6.47. The van der Waals surface area contributed by atoms with E-state index in [1.807, 2.05) is 0 Å². The molecule has 0 N–H and O–H groups in total. The van der Waals surface area contributed by atoms with E-state index >= 15 is 0 Å². The third-order valence-corrected chi connectivity index (χ3v) is 9.90. The zero-order valence-electron chi connectivity index (χ0n) is 21.5. The Morgan fingerprint density at radius 2 is 0.475 bits per heavy atom. The Hall–Kier alpha value is -3.98. The average Bonchev–Trinajstić information content (AvgIpc) is 3.02. The fraction of sp³-hybridized carbons (Fsp3) is 0. The summed E-state index contributed by atoms with van der Waals surface area (Å²) in [5.41, 5.74) is 5.07. The van der Waals surface area contributed by atoms with Crippen molar-refractivity contribution < 1.29 is 0 Å². The van der Waals surface area contributed by atoms with E-state index in [4.69, 9.17) is 0 Å². The number of hydrogen-bond acceptors (Lipinski definition) is 0. The van der Waals surface area contributed by atoms with Gasteiger partial charge in [0.25, 0.3) is 0 Å². The molecule has 0 aliphatic rings. The van der Waals surface area contributed by atoms with Crippen LogP contribution in [0.4, 0.5) is 0 Å². The second kappa shape index (κ2) is 9.30.